The Balaban J connectivity index is 1.80. The first kappa shape index (κ1) is 16.4. The molecule has 21 heavy (non-hydrogen) atoms. The van der Waals surface area contributed by atoms with Gasteiger partial charge < -0.3 is 10.1 Å². The molecule has 1 aliphatic rings. The van der Waals surface area contributed by atoms with Crippen molar-refractivity contribution in [3.63, 3.8) is 0 Å². The van der Waals surface area contributed by atoms with E-state index in [4.69, 9.17) is 4.74 Å². The highest BCUT2D eigenvalue weighted by Gasteiger charge is 2.18. The number of rotatable bonds is 5. The molecule has 118 valence electrons. The molecular formula is C17H29N3O. The number of likely N-dealkylation sites (tertiary alicyclic amines) is 1. The number of pyridine rings is 1. The van der Waals surface area contributed by atoms with E-state index in [1.165, 1.54) is 5.56 Å². The predicted octanol–water partition coefficient (Wildman–Crippen LogP) is 2.58. The summed E-state index contributed by atoms with van der Waals surface area (Å²) in [7, 11) is 1.81. The molecule has 0 unspecified atom stereocenters. The topological polar surface area (TPSA) is 37.4 Å². The normalized spacial score (nSPS) is 18.1. The van der Waals surface area contributed by atoms with Gasteiger partial charge in [-0.25, -0.2) is 0 Å². The van der Waals surface area contributed by atoms with Gasteiger partial charge in [-0.05, 0) is 45.2 Å². The van der Waals surface area contributed by atoms with Crippen LogP contribution in [-0.2, 0) is 17.8 Å². The monoisotopic (exact) mass is 291 g/mol. The van der Waals surface area contributed by atoms with Crippen molar-refractivity contribution in [1.29, 1.82) is 0 Å². The van der Waals surface area contributed by atoms with Crippen LogP contribution in [0.1, 0.15) is 44.9 Å². The van der Waals surface area contributed by atoms with Crippen LogP contribution in [0.15, 0.2) is 18.3 Å². The molecule has 4 nitrogen and oxygen atoms in total. The van der Waals surface area contributed by atoms with Crippen LogP contribution in [-0.4, -0.2) is 41.7 Å². The van der Waals surface area contributed by atoms with Crippen molar-refractivity contribution in [1.82, 2.24) is 15.2 Å². The summed E-state index contributed by atoms with van der Waals surface area (Å²) in [6.07, 6.45) is 4.70. The molecule has 0 spiro atoms. The minimum absolute atomic E-state index is 0.143. The van der Waals surface area contributed by atoms with Crippen molar-refractivity contribution in [2.24, 2.45) is 0 Å². The van der Waals surface area contributed by atoms with Gasteiger partial charge in [0.05, 0.1) is 11.8 Å². The van der Waals surface area contributed by atoms with Gasteiger partial charge in [-0.2, -0.15) is 0 Å². The molecule has 1 fully saturated rings. The molecule has 0 aromatic carbocycles. The van der Waals surface area contributed by atoms with Crippen molar-refractivity contribution in [3.05, 3.63) is 29.6 Å². The number of hydrogen-bond acceptors (Lipinski definition) is 4. The Bertz CT molecular complexity index is 417. The number of hydrogen-bond donors (Lipinski definition) is 1. The van der Waals surface area contributed by atoms with E-state index in [1.807, 2.05) is 13.3 Å². The Morgan fingerprint density at radius 1 is 1.29 bits per heavy atom. The van der Waals surface area contributed by atoms with E-state index in [9.17, 15) is 0 Å². The zero-order valence-electron chi connectivity index (χ0n) is 13.9. The third-order valence-electron chi connectivity index (χ3n) is 3.96. The second kappa shape index (κ2) is 7.34. The highest BCUT2D eigenvalue weighted by Crippen LogP contribution is 2.15. The summed E-state index contributed by atoms with van der Waals surface area (Å²) in [6.45, 7) is 10.6. The van der Waals surface area contributed by atoms with Crippen molar-refractivity contribution < 1.29 is 4.74 Å². The Morgan fingerprint density at radius 3 is 2.52 bits per heavy atom. The van der Waals surface area contributed by atoms with Gasteiger partial charge in [0.25, 0.3) is 0 Å². The number of ether oxygens (including phenoxy) is 1. The van der Waals surface area contributed by atoms with Gasteiger partial charge in [-0.15, -0.1) is 0 Å². The lowest BCUT2D eigenvalue weighted by atomic mass is 10.1. The van der Waals surface area contributed by atoms with E-state index in [-0.39, 0.29) is 5.54 Å². The van der Waals surface area contributed by atoms with Crippen LogP contribution in [0.2, 0.25) is 0 Å². The lowest BCUT2D eigenvalue weighted by molar-refractivity contribution is 0.0385. The van der Waals surface area contributed by atoms with Gasteiger partial charge in [0.1, 0.15) is 0 Å². The van der Waals surface area contributed by atoms with Crippen molar-refractivity contribution in [3.8, 4) is 0 Å². The van der Waals surface area contributed by atoms with Crippen LogP contribution in [0.3, 0.4) is 0 Å². The van der Waals surface area contributed by atoms with Crippen molar-refractivity contribution in [2.75, 3.05) is 20.2 Å². The number of methoxy groups -OCH3 is 1. The molecule has 2 heterocycles. The maximum Gasteiger partial charge on any atom is 0.0595 e. The lowest BCUT2D eigenvalue weighted by Crippen LogP contribution is -2.36. The SMILES string of the molecule is COC1CCN(Cc2ccc(CNC(C)(C)C)cn2)CC1. The summed E-state index contributed by atoms with van der Waals surface area (Å²) in [4.78, 5) is 7.06. The van der Waals surface area contributed by atoms with Gasteiger partial charge in [0, 0.05) is 45.0 Å². The highest BCUT2D eigenvalue weighted by atomic mass is 16.5. The van der Waals surface area contributed by atoms with Crippen LogP contribution in [0.25, 0.3) is 0 Å². The molecule has 0 radical (unpaired) electrons. The molecule has 1 saturated heterocycles. The second-order valence-corrected chi connectivity index (χ2v) is 6.97. The van der Waals surface area contributed by atoms with Crippen LogP contribution < -0.4 is 5.32 Å². The summed E-state index contributed by atoms with van der Waals surface area (Å²) in [5.74, 6) is 0. The highest BCUT2D eigenvalue weighted by molar-refractivity contribution is 5.14. The molecule has 1 aromatic heterocycles. The molecule has 0 amide bonds. The summed E-state index contributed by atoms with van der Waals surface area (Å²) in [5, 5.41) is 3.49. The van der Waals surface area contributed by atoms with Gasteiger partial charge in [-0.1, -0.05) is 6.07 Å². The summed E-state index contributed by atoms with van der Waals surface area (Å²) >= 11 is 0. The van der Waals surface area contributed by atoms with Crippen molar-refractivity contribution >= 4 is 0 Å². The van der Waals surface area contributed by atoms with E-state index in [0.717, 1.165) is 44.7 Å². The first-order valence-corrected chi connectivity index (χ1v) is 7.90. The van der Waals surface area contributed by atoms with Crippen LogP contribution in [0, 0.1) is 0 Å². The molecule has 0 bridgehead atoms. The third kappa shape index (κ3) is 5.73. The second-order valence-electron chi connectivity index (χ2n) is 6.97. The summed E-state index contributed by atoms with van der Waals surface area (Å²) < 4.78 is 5.41. The molecule has 1 aliphatic heterocycles. The van der Waals surface area contributed by atoms with E-state index in [2.05, 4.69) is 48.1 Å². The Hall–Kier alpha value is -0.970. The molecule has 1 aromatic rings. The van der Waals surface area contributed by atoms with Crippen LogP contribution >= 0.6 is 0 Å². The Kier molecular flexibility index (Phi) is 5.73. The Labute approximate surface area is 128 Å². The first-order valence-electron chi connectivity index (χ1n) is 7.90. The van der Waals surface area contributed by atoms with Crippen LogP contribution in [0.5, 0.6) is 0 Å². The number of nitrogens with zero attached hydrogens (tertiary/aromatic N) is 2. The van der Waals surface area contributed by atoms with Gasteiger partial charge in [-0.3, -0.25) is 9.88 Å². The molecule has 0 atom stereocenters. The van der Waals surface area contributed by atoms with Gasteiger partial charge >= 0.3 is 0 Å². The first-order chi connectivity index (χ1) is 9.96. The van der Waals surface area contributed by atoms with E-state index < -0.39 is 0 Å². The van der Waals surface area contributed by atoms with Crippen LogP contribution in [0.4, 0.5) is 0 Å². The number of nitrogens with one attached hydrogen (secondary N) is 1. The van der Waals surface area contributed by atoms with E-state index in [1.54, 1.807) is 0 Å². The molecule has 0 aliphatic carbocycles. The number of piperidine rings is 1. The molecule has 4 heteroatoms. The zero-order chi connectivity index (χ0) is 15.3. The zero-order valence-corrected chi connectivity index (χ0v) is 13.9. The average molecular weight is 291 g/mol. The summed E-state index contributed by atoms with van der Waals surface area (Å²) in [6, 6.07) is 4.34. The molecule has 1 N–H and O–H groups in total. The molecule has 2 rings (SSSR count). The van der Waals surface area contributed by atoms with Gasteiger partial charge in [0.2, 0.25) is 0 Å². The van der Waals surface area contributed by atoms with Gasteiger partial charge in [0.15, 0.2) is 0 Å². The Morgan fingerprint density at radius 2 is 2.00 bits per heavy atom. The fourth-order valence-corrected chi connectivity index (χ4v) is 2.55. The lowest BCUT2D eigenvalue weighted by Gasteiger charge is -2.30. The quantitative estimate of drug-likeness (QED) is 0.905. The largest absolute Gasteiger partial charge is 0.381 e. The molecule has 0 saturated carbocycles. The predicted molar refractivity (Wildman–Crippen MR) is 86.1 cm³/mol. The van der Waals surface area contributed by atoms with Crippen molar-refractivity contribution in [2.45, 2.75) is 58.3 Å². The van der Waals surface area contributed by atoms with E-state index >= 15 is 0 Å². The average Bonchev–Trinajstić information content (AvgIpc) is 2.46. The fourth-order valence-electron chi connectivity index (χ4n) is 2.55. The minimum atomic E-state index is 0.143. The fraction of sp³-hybridized carbons (Fsp3) is 0.706. The maximum absolute atomic E-state index is 5.41. The minimum Gasteiger partial charge on any atom is -0.381 e. The standard InChI is InChI=1S/C17H29N3O/c1-17(2,3)19-12-14-5-6-15(18-11-14)13-20-9-7-16(21-4)8-10-20/h5-6,11,16,19H,7-10,12-13H2,1-4H3. The van der Waals surface area contributed by atoms with E-state index in [0.29, 0.717) is 6.10 Å². The summed E-state index contributed by atoms with van der Waals surface area (Å²) in [5.41, 5.74) is 2.54. The smallest absolute Gasteiger partial charge is 0.0595 e. The molecular weight excluding hydrogens is 262 g/mol. The maximum atomic E-state index is 5.41. The number of aromatic nitrogens is 1. The third-order valence-corrected chi connectivity index (χ3v) is 3.96.